The lowest BCUT2D eigenvalue weighted by Crippen LogP contribution is -2.25. The second-order valence-corrected chi connectivity index (χ2v) is 7.37. The first kappa shape index (κ1) is 22.7. The number of carbonyl (C=O) groups excluding carboxylic acids is 1. The average molecular weight is 443 g/mol. The molecular weight excluding hydrogens is 421 g/mol. The first-order valence-electron chi connectivity index (χ1n) is 9.74. The molecule has 1 amide bonds. The van der Waals surface area contributed by atoms with Crippen molar-refractivity contribution in [2.75, 3.05) is 20.7 Å². The maximum absolute atomic E-state index is 14.1. The number of amides is 1. The van der Waals surface area contributed by atoms with E-state index < -0.39 is 29.2 Å². The number of halogens is 1. The monoisotopic (exact) mass is 443 g/mol. The van der Waals surface area contributed by atoms with Gasteiger partial charge in [0, 0.05) is 41.5 Å². The standard InChI is InChI=1S/C22H22FN3O6/c1-25(22(29)32-2)12-13-3-5-14(6-4-13)21-17(7-8-26(30)31)20-15(10-19(27)28)9-16(23)11-18(20)24-21/h3-6,9,11,24H,7-8,10,12H2,1-2H3,(H,27,28). The molecule has 0 fully saturated rings. The lowest BCUT2D eigenvalue weighted by Gasteiger charge is -2.15. The van der Waals surface area contributed by atoms with E-state index >= 15 is 0 Å². The quantitative estimate of drug-likeness (QED) is 0.405. The van der Waals surface area contributed by atoms with Crippen LogP contribution in [0.15, 0.2) is 36.4 Å². The fourth-order valence-electron chi connectivity index (χ4n) is 3.73. The minimum atomic E-state index is -1.13. The summed E-state index contributed by atoms with van der Waals surface area (Å²) < 4.78 is 18.8. The van der Waals surface area contributed by atoms with E-state index in [0.717, 1.165) is 11.6 Å². The van der Waals surface area contributed by atoms with Gasteiger partial charge in [-0.05, 0) is 34.4 Å². The molecule has 0 bridgehead atoms. The summed E-state index contributed by atoms with van der Waals surface area (Å²) in [5, 5.41) is 20.7. The Hall–Kier alpha value is -3.95. The Morgan fingerprint density at radius 3 is 2.53 bits per heavy atom. The van der Waals surface area contributed by atoms with Crippen LogP contribution in [0.5, 0.6) is 0 Å². The summed E-state index contributed by atoms with van der Waals surface area (Å²) in [7, 11) is 2.90. The molecule has 0 spiro atoms. The predicted molar refractivity (Wildman–Crippen MR) is 114 cm³/mol. The molecule has 0 atom stereocenters. The van der Waals surface area contributed by atoms with E-state index in [0.29, 0.717) is 34.3 Å². The summed E-state index contributed by atoms with van der Waals surface area (Å²) in [6.07, 6.45) is -0.830. The van der Waals surface area contributed by atoms with Gasteiger partial charge in [-0.15, -0.1) is 0 Å². The number of H-pyrrole nitrogens is 1. The number of hydrogen-bond donors (Lipinski definition) is 2. The molecule has 0 radical (unpaired) electrons. The fourth-order valence-corrected chi connectivity index (χ4v) is 3.73. The van der Waals surface area contributed by atoms with Gasteiger partial charge in [-0.2, -0.15) is 0 Å². The molecule has 1 heterocycles. The van der Waals surface area contributed by atoms with Gasteiger partial charge in [-0.1, -0.05) is 24.3 Å². The zero-order chi connectivity index (χ0) is 23.4. The van der Waals surface area contributed by atoms with Crippen LogP contribution in [-0.2, 0) is 28.9 Å². The number of aliphatic carboxylic acids is 1. The minimum absolute atomic E-state index is 0.0490. The van der Waals surface area contributed by atoms with Crippen molar-refractivity contribution in [3.05, 3.63) is 69.0 Å². The summed E-state index contributed by atoms with van der Waals surface area (Å²) in [4.78, 5) is 38.0. The molecule has 9 nitrogen and oxygen atoms in total. The van der Waals surface area contributed by atoms with Crippen LogP contribution in [0.4, 0.5) is 9.18 Å². The van der Waals surface area contributed by atoms with Crippen LogP contribution in [0.2, 0.25) is 0 Å². The molecule has 0 saturated carbocycles. The SMILES string of the molecule is COC(=O)N(C)Cc1ccc(-c2[nH]c3cc(F)cc(CC(=O)O)c3c2CC[N+](=O)[O-])cc1. The Balaban J connectivity index is 2.06. The molecule has 0 aliphatic carbocycles. The number of methoxy groups -OCH3 is 1. The third-order valence-electron chi connectivity index (χ3n) is 5.08. The smallest absolute Gasteiger partial charge is 0.409 e. The van der Waals surface area contributed by atoms with Crippen molar-refractivity contribution >= 4 is 23.0 Å². The van der Waals surface area contributed by atoms with E-state index in [2.05, 4.69) is 9.72 Å². The van der Waals surface area contributed by atoms with E-state index in [9.17, 15) is 29.2 Å². The molecule has 0 aliphatic heterocycles. The molecule has 32 heavy (non-hydrogen) atoms. The lowest BCUT2D eigenvalue weighted by molar-refractivity contribution is -0.479. The van der Waals surface area contributed by atoms with E-state index in [1.165, 1.54) is 18.1 Å². The highest BCUT2D eigenvalue weighted by molar-refractivity contribution is 5.95. The molecule has 0 unspecified atom stereocenters. The number of benzene rings is 2. The number of carbonyl (C=O) groups is 2. The molecule has 10 heteroatoms. The average Bonchev–Trinajstić information content (AvgIpc) is 3.10. The van der Waals surface area contributed by atoms with Gasteiger partial charge >= 0.3 is 12.1 Å². The largest absolute Gasteiger partial charge is 0.481 e. The Morgan fingerprint density at radius 2 is 1.94 bits per heavy atom. The summed E-state index contributed by atoms with van der Waals surface area (Å²) in [5.74, 6) is -1.72. The topological polar surface area (TPSA) is 126 Å². The Morgan fingerprint density at radius 1 is 1.25 bits per heavy atom. The number of aromatic amines is 1. The van der Waals surface area contributed by atoms with Gasteiger partial charge in [0.15, 0.2) is 0 Å². The van der Waals surface area contributed by atoms with Crippen molar-refractivity contribution in [3.8, 4) is 11.3 Å². The maximum atomic E-state index is 14.1. The van der Waals surface area contributed by atoms with E-state index in [1.54, 1.807) is 31.3 Å². The number of nitrogens with zero attached hydrogens (tertiary/aromatic N) is 2. The zero-order valence-electron chi connectivity index (χ0n) is 17.6. The van der Waals surface area contributed by atoms with E-state index in [4.69, 9.17) is 0 Å². The highest BCUT2D eigenvalue weighted by Crippen LogP contribution is 2.34. The van der Waals surface area contributed by atoms with Crippen molar-refractivity contribution in [1.82, 2.24) is 9.88 Å². The van der Waals surface area contributed by atoms with E-state index in [1.807, 2.05) is 0 Å². The molecule has 0 saturated heterocycles. The van der Waals surface area contributed by atoms with Crippen LogP contribution in [0.1, 0.15) is 16.7 Å². The van der Waals surface area contributed by atoms with Crippen LogP contribution in [0, 0.1) is 15.9 Å². The van der Waals surface area contributed by atoms with Crippen LogP contribution >= 0.6 is 0 Å². The molecule has 3 aromatic rings. The van der Waals surface area contributed by atoms with E-state index in [-0.39, 0.29) is 18.5 Å². The summed E-state index contributed by atoms with van der Waals surface area (Å²) >= 11 is 0. The second kappa shape index (κ2) is 9.46. The van der Waals surface area contributed by atoms with Crippen LogP contribution in [-0.4, -0.2) is 52.7 Å². The Kier molecular flexibility index (Phi) is 6.72. The highest BCUT2D eigenvalue weighted by atomic mass is 19.1. The minimum Gasteiger partial charge on any atom is -0.481 e. The molecule has 0 aliphatic rings. The number of nitro groups is 1. The molecule has 3 rings (SSSR count). The molecule has 2 N–H and O–H groups in total. The number of ether oxygens (including phenoxy) is 1. The first-order chi connectivity index (χ1) is 15.2. The lowest BCUT2D eigenvalue weighted by atomic mass is 9.97. The fraction of sp³-hybridized carbons (Fsp3) is 0.273. The highest BCUT2D eigenvalue weighted by Gasteiger charge is 2.20. The van der Waals surface area contributed by atoms with Crippen molar-refractivity contribution in [1.29, 1.82) is 0 Å². The molecular formula is C22H22FN3O6. The number of hydrogen-bond acceptors (Lipinski definition) is 5. The number of rotatable bonds is 8. The number of carboxylic acid groups (broad SMARTS) is 1. The first-order valence-corrected chi connectivity index (χ1v) is 9.74. The van der Waals surface area contributed by atoms with Gasteiger partial charge in [-0.3, -0.25) is 14.9 Å². The normalized spacial score (nSPS) is 10.8. The third kappa shape index (κ3) is 5.02. The molecule has 2 aromatic carbocycles. The van der Waals surface area contributed by atoms with Gasteiger partial charge in [-0.25, -0.2) is 9.18 Å². The van der Waals surface area contributed by atoms with Crippen molar-refractivity contribution in [2.24, 2.45) is 0 Å². The molecule has 168 valence electrons. The van der Waals surface area contributed by atoms with Crippen LogP contribution in [0.25, 0.3) is 22.2 Å². The van der Waals surface area contributed by atoms with Gasteiger partial charge in [0.05, 0.1) is 13.5 Å². The zero-order valence-corrected chi connectivity index (χ0v) is 17.6. The maximum Gasteiger partial charge on any atom is 0.409 e. The predicted octanol–water partition coefficient (Wildman–Crippen LogP) is 3.62. The number of nitrogens with one attached hydrogen (secondary N) is 1. The van der Waals surface area contributed by atoms with Crippen LogP contribution in [0.3, 0.4) is 0 Å². The van der Waals surface area contributed by atoms with Crippen molar-refractivity contribution in [3.63, 3.8) is 0 Å². The number of fused-ring (bicyclic) bond motifs is 1. The number of carboxylic acids is 1. The Bertz CT molecular complexity index is 1170. The summed E-state index contributed by atoms with van der Waals surface area (Å²) in [6.45, 7) is -0.0341. The van der Waals surface area contributed by atoms with Gasteiger partial charge < -0.3 is 19.7 Å². The molecule has 1 aromatic heterocycles. The Labute approximate surface area is 182 Å². The number of aromatic nitrogens is 1. The van der Waals surface area contributed by atoms with Gasteiger partial charge in [0.25, 0.3) is 0 Å². The second-order valence-electron chi connectivity index (χ2n) is 7.37. The van der Waals surface area contributed by atoms with Crippen LogP contribution < -0.4 is 0 Å². The van der Waals surface area contributed by atoms with Gasteiger partial charge in [0.1, 0.15) is 5.82 Å². The van der Waals surface area contributed by atoms with Gasteiger partial charge in [0.2, 0.25) is 6.54 Å². The van der Waals surface area contributed by atoms with Crippen molar-refractivity contribution < 1.29 is 28.7 Å². The summed E-state index contributed by atoms with van der Waals surface area (Å²) in [5.41, 5.74) is 3.29. The summed E-state index contributed by atoms with van der Waals surface area (Å²) in [6, 6.07) is 9.57. The third-order valence-corrected chi connectivity index (χ3v) is 5.08. The van der Waals surface area contributed by atoms with Crippen molar-refractivity contribution in [2.45, 2.75) is 19.4 Å².